The van der Waals surface area contributed by atoms with E-state index in [1.165, 1.54) is 19.3 Å². The first-order valence-electron chi connectivity index (χ1n) is 8.35. The fourth-order valence-electron chi connectivity index (χ4n) is 4.43. The van der Waals surface area contributed by atoms with Crippen LogP contribution in [-0.2, 0) is 9.53 Å². The molecule has 1 saturated heterocycles. The van der Waals surface area contributed by atoms with Crippen molar-refractivity contribution in [3.05, 3.63) is 0 Å². The molecule has 0 aromatic rings. The zero-order valence-electron chi connectivity index (χ0n) is 12.8. The zero-order chi connectivity index (χ0) is 13.9. The van der Waals surface area contributed by atoms with E-state index in [4.69, 9.17) is 10.5 Å². The Hall–Kier alpha value is -0.320. The zero-order valence-corrected chi connectivity index (χ0v) is 13.6. The average Bonchev–Trinajstić information content (AvgIpc) is 2.91. The SMILES string of the molecule is Cl.NC1CC2CCCC(C1)C2NC(=O)CCC1CCOC1. The Bertz CT molecular complexity index is 333. The summed E-state index contributed by atoms with van der Waals surface area (Å²) in [6, 6.07) is 0.755. The van der Waals surface area contributed by atoms with Gasteiger partial charge in [-0.05, 0) is 56.3 Å². The standard InChI is InChI=1S/C16H28N2O2.ClH/c17-14-8-12-2-1-3-13(9-14)16(12)18-15(19)5-4-11-6-7-20-10-11;/h11-14,16H,1-10,17H2,(H,18,19);1H. The molecule has 2 saturated carbocycles. The van der Waals surface area contributed by atoms with Gasteiger partial charge in [-0.2, -0.15) is 0 Å². The van der Waals surface area contributed by atoms with Crippen LogP contribution in [0.25, 0.3) is 0 Å². The lowest BCUT2D eigenvalue weighted by Crippen LogP contribution is -2.53. The Kier molecular flexibility index (Phi) is 6.33. The highest BCUT2D eigenvalue weighted by molar-refractivity contribution is 5.85. The second-order valence-corrected chi connectivity index (χ2v) is 7.04. The molecule has 5 heteroatoms. The summed E-state index contributed by atoms with van der Waals surface area (Å²) in [6.45, 7) is 1.72. The number of rotatable bonds is 4. The van der Waals surface area contributed by atoms with Crippen LogP contribution in [0.2, 0.25) is 0 Å². The van der Waals surface area contributed by atoms with Crippen LogP contribution in [0.15, 0.2) is 0 Å². The smallest absolute Gasteiger partial charge is 0.220 e. The summed E-state index contributed by atoms with van der Waals surface area (Å²) >= 11 is 0. The van der Waals surface area contributed by atoms with Gasteiger partial charge in [0.25, 0.3) is 0 Å². The maximum Gasteiger partial charge on any atom is 0.220 e. The first-order valence-corrected chi connectivity index (χ1v) is 8.35. The maximum absolute atomic E-state index is 12.2. The number of halogens is 1. The Morgan fingerprint density at radius 1 is 1.19 bits per heavy atom. The minimum Gasteiger partial charge on any atom is -0.381 e. The topological polar surface area (TPSA) is 64.3 Å². The Morgan fingerprint density at radius 2 is 1.90 bits per heavy atom. The second kappa shape index (κ2) is 7.80. The van der Waals surface area contributed by atoms with E-state index >= 15 is 0 Å². The predicted octanol–water partition coefficient (Wildman–Crippen LogP) is 2.25. The van der Waals surface area contributed by atoms with Crippen LogP contribution in [0.5, 0.6) is 0 Å². The van der Waals surface area contributed by atoms with Gasteiger partial charge in [-0.3, -0.25) is 4.79 Å². The van der Waals surface area contributed by atoms with Gasteiger partial charge in [0, 0.05) is 31.7 Å². The summed E-state index contributed by atoms with van der Waals surface area (Å²) in [6.07, 6.45) is 8.75. The maximum atomic E-state index is 12.2. The van der Waals surface area contributed by atoms with Gasteiger partial charge in [0.1, 0.15) is 0 Å². The lowest BCUT2D eigenvalue weighted by Gasteiger charge is -2.45. The molecule has 122 valence electrons. The Balaban J connectivity index is 0.00000161. The number of nitrogens with one attached hydrogen (secondary N) is 1. The van der Waals surface area contributed by atoms with Crippen LogP contribution in [0.3, 0.4) is 0 Å². The van der Waals surface area contributed by atoms with Crippen molar-refractivity contribution in [1.29, 1.82) is 0 Å². The van der Waals surface area contributed by atoms with Gasteiger partial charge in [-0.25, -0.2) is 0 Å². The van der Waals surface area contributed by atoms with E-state index in [0.717, 1.165) is 38.9 Å². The molecule has 0 aromatic carbocycles. The van der Waals surface area contributed by atoms with Crippen molar-refractivity contribution in [3.63, 3.8) is 0 Å². The molecule has 2 bridgehead atoms. The molecule has 0 aromatic heterocycles. The molecule has 1 heterocycles. The van der Waals surface area contributed by atoms with Gasteiger partial charge in [0.15, 0.2) is 0 Å². The average molecular weight is 317 g/mol. The van der Waals surface area contributed by atoms with Crippen molar-refractivity contribution in [2.45, 2.75) is 63.5 Å². The third-order valence-electron chi connectivity index (χ3n) is 5.51. The molecule has 3 aliphatic rings. The van der Waals surface area contributed by atoms with Gasteiger partial charge < -0.3 is 15.8 Å². The monoisotopic (exact) mass is 316 g/mol. The van der Waals surface area contributed by atoms with Crippen LogP contribution in [0.4, 0.5) is 0 Å². The predicted molar refractivity (Wildman–Crippen MR) is 85.4 cm³/mol. The Labute approximate surface area is 134 Å². The number of fused-ring (bicyclic) bond motifs is 2. The van der Waals surface area contributed by atoms with E-state index < -0.39 is 0 Å². The molecular formula is C16H29ClN2O2. The first-order chi connectivity index (χ1) is 9.72. The molecule has 3 unspecified atom stereocenters. The molecule has 2 aliphatic carbocycles. The Morgan fingerprint density at radius 3 is 2.52 bits per heavy atom. The summed E-state index contributed by atoms with van der Waals surface area (Å²) in [5, 5.41) is 3.33. The van der Waals surface area contributed by atoms with Gasteiger partial charge in [-0.15, -0.1) is 12.4 Å². The molecule has 3 atom stereocenters. The molecule has 1 aliphatic heterocycles. The van der Waals surface area contributed by atoms with Crippen molar-refractivity contribution in [3.8, 4) is 0 Å². The summed E-state index contributed by atoms with van der Waals surface area (Å²) < 4.78 is 5.37. The largest absolute Gasteiger partial charge is 0.381 e. The van der Waals surface area contributed by atoms with Crippen molar-refractivity contribution < 1.29 is 9.53 Å². The number of nitrogens with two attached hydrogens (primary N) is 1. The van der Waals surface area contributed by atoms with Gasteiger partial charge in [0.2, 0.25) is 5.91 Å². The molecule has 1 amide bonds. The van der Waals surface area contributed by atoms with E-state index in [0.29, 0.717) is 36.3 Å². The van der Waals surface area contributed by atoms with E-state index in [2.05, 4.69) is 5.32 Å². The van der Waals surface area contributed by atoms with Crippen LogP contribution in [-0.4, -0.2) is 31.2 Å². The van der Waals surface area contributed by atoms with Crippen LogP contribution in [0, 0.1) is 17.8 Å². The third kappa shape index (κ3) is 4.33. The molecule has 4 nitrogen and oxygen atoms in total. The number of carbonyl (C=O) groups excluding carboxylic acids is 1. The van der Waals surface area contributed by atoms with Crippen molar-refractivity contribution in [2.24, 2.45) is 23.5 Å². The van der Waals surface area contributed by atoms with E-state index in [1.54, 1.807) is 0 Å². The molecule has 0 radical (unpaired) electrons. The third-order valence-corrected chi connectivity index (χ3v) is 5.51. The highest BCUT2D eigenvalue weighted by Crippen LogP contribution is 2.39. The van der Waals surface area contributed by atoms with Gasteiger partial charge in [-0.1, -0.05) is 6.42 Å². The second-order valence-electron chi connectivity index (χ2n) is 7.04. The molecule has 3 fully saturated rings. The van der Waals surface area contributed by atoms with E-state index in [9.17, 15) is 4.79 Å². The van der Waals surface area contributed by atoms with Crippen LogP contribution >= 0.6 is 12.4 Å². The van der Waals surface area contributed by atoms with Crippen molar-refractivity contribution in [1.82, 2.24) is 5.32 Å². The molecular weight excluding hydrogens is 288 g/mol. The lowest BCUT2D eigenvalue weighted by atomic mass is 9.67. The van der Waals surface area contributed by atoms with Gasteiger partial charge in [0.05, 0.1) is 0 Å². The molecule has 3 rings (SSSR count). The number of ether oxygens (including phenoxy) is 1. The minimum atomic E-state index is 0. The van der Waals surface area contributed by atoms with Crippen LogP contribution in [0.1, 0.15) is 51.4 Å². The van der Waals surface area contributed by atoms with E-state index in [1.807, 2.05) is 0 Å². The number of carbonyl (C=O) groups is 1. The minimum absolute atomic E-state index is 0. The number of hydrogen-bond donors (Lipinski definition) is 2. The molecule has 21 heavy (non-hydrogen) atoms. The fraction of sp³-hybridized carbons (Fsp3) is 0.938. The summed E-state index contributed by atoms with van der Waals surface area (Å²) in [7, 11) is 0. The quantitative estimate of drug-likeness (QED) is 0.836. The highest BCUT2D eigenvalue weighted by atomic mass is 35.5. The molecule has 0 spiro atoms. The first kappa shape index (κ1) is 17.0. The van der Waals surface area contributed by atoms with E-state index in [-0.39, 0.29) is 18.3 Å². The highest BCUT2D eigenvalue weighted by Gasteiger charge is 2.39. The number of amides is 1. The van der Waals surface area contributed by atoms with Crippen molar-refractivity contribution >= 4 is 18.3 Å². The molecule has 3 N–H and O–H groups in total. The van der Waals surface area contributed by atoms with Crippen molar-refractivity contribution in [2.75, 3.05) is 13.2 Å². The fourth-order valence-corrected chi connectivity index (χ4v) is 4.43. The normalized spacial score (nSPS) is 38.6. The summed E-state index contributed by atoms with van der Waals surface area (Å²) in [4.78, 5) is 12.2. The van der Waals surface area contributed by atoms with Gasteiger partial charge >= 0.3 is 0 Å². The van der Waals surface area contributed by atoms with Crippen LogP contribution < -0.4 is 11.1 Å². The number of hydrogen-bond acceptors (Lipinski definition) is 3. The summed E-state index contributed by atoms with van der Waals surface area (Å²) in [5.41, 5.74) is 6.13. The lowest BCUT2D eigenvalue weighted by molar-refractivity contribution is -0.123. The summed E-state index contributed by atoms with van der Waals surface area (Å²) in [5.74, 6) is 2.09.